The number of aliphatic carboxylic acids is 1. The third-order valence-corrected chi connectivity index (χ3v) is 7.34. The van der Waals surface area contributed by atoms with Crippen LogP contribution in [-0.4, -0.2) is 30.1 Å². The highest BCUT2D eigenvalue weighted by Crippen LogP contribution is 2.46. The number of carboxylic acid groups (broad SMARTS) is 1. The minimum Gasteiger partial charge on any atom is -0.481 e. The zero-order valence-corrected chi connectivity index (χ0v) is 16.0. The number of esters is 1. The minimum absolute atomic E-state index is 0.0627. The number of carboxylic acids is 1. The maximum absolute atomic E-state index is 13.1. The smallest absolute Gasteiger partial charge is 0.341 e. The molecule has 27 heavy (non-hydrogen) atoms. The molecule has 0 aliphatic heterocycles. The molecule has 7 heteroatoms. The van der Waals surface area contributed by atoms with Crippen LogP contribution >= 0.6 is 11.3 Å². The maximum atomic E-state index is 13.1. The van der Waals surface area contributed by atoms with Crippen LogP contribution in [0.4, 0.5) is 5.00 Å². The number of rotatable bonds is 4. The molecule has 1 saturated carbocycles. The van der Waals surface area contributed by atoms with E-state index in [0.29, 0.717) is 10.6 Å². The van der Waals surface area contributed by atoms with E-state index >= 15 is 0 Å². The van der Waals surface area contributed by atoms with Crippen molar-refractivity contribution in [3.8, 4) is 0 Å². The number of hydrogen-bond acceptors (Lipinski definition) is 5. The standard InChI is InChI=1S/C20H23NO5S/c1-26-20(25)16-12-4-2-3-5-13(12)27-18(16)21-17(22)14-10-6-8-11(9-7-10)15(14)19(23)24/h6,8,10-11,14-15H,2-5,7,9H2,1H3,(H,21,22)(H,23,24)/t10-,11+,14-,15+/m1/s1. The number of allylic oxidation sites excluding steroid dienone is 2. The quantitative estimate of drug-likeness (QED) is 0.609. The number of nitrogens with one attached hydrogen (secondary N) is 1. The average molecular weight is 389 g/mol. The van der Waals surface area contributed by atoms with Crippen molar-refractivity contribution in [2.45, 2.75) is 38.5 Å². The molecule has 4 aliphatic carbocycles. The van der Waals surface area contributed by atoms with Crippen molar-refractivity contribution in [3.05, 3.63) is 28.2 Å². The highest BCUT2D eigenvalue weighted by Gasteiger charge is 2.48. The van der Waals surface area contributed by atoms with Gasteiger partial charge in [0, 0.05) is 4.88 Å². The highest BCUT2D eigenvalue weighted by molar-refractivity contribution is 7.17. The first kappa shape index (κ1) is 18.2. The zero-order valence-electron chi connectivity index (χ0n) is 15.2. The molecule has 0 spiro atoms. The molecule has 1 aromatic heterocycles. The summed E-state index contributed by atoms with van der Waals surface area (Å²) in [7, 11) is 1.34. The number of aryl methyl sites for hydroxylation is 1. The second-order valence-electron chi connectivity index (χ2n) is 7.58. The van der Waals surface area contributed by atoms with Gasteiger partial charge in [0.25, 0.3) is 0 Å². The van der Waals surface area contributed by atoms with Crippen molar-refractivity contribution in [1.82, 2.24) is 0 Å². The number of carbonyl (C=O) groups is 3. The summed E-state index contributed by atoms with van der Waals surface area (Å²) in [5, 5.41) is 13.1. The van der Waals surface area contributed by atoms with Gasteiger partial charge < -0.3 is 15.2 Å². The Balaban J connectivity index is 1.65. The van der Waals surface area contributed by atoms with Gasteiger partial charge in [-0.25, -0.2) is 4.79 Å². The summed E-state index contributed by atoms with van der Waals surface area (Å²) in [5.41, 5.74) is 1.43. The van der Waals surface area contributed by atoms with Gasteiger partial charge in [-0.3, -0.25) is 9.59 Å². The fraction of sp³-hybridized carbons (Fsp3) is 0.550. The van der Waals surface area contributed by atoms with E-state index in [1.54, 1.807) is 0 Å². The summed E-state index contributed by atoms with van der Waals surface area (Å²) in [4.78, 5) is 38.4. The van der Waals surface area contributed by atoms with Gasteiger partial charge in [0.2, 0.25) is 5.91 Å². The van der Waals surface area contributed by atoms with E-state index in [0.717, 1.165) is 49.0 Å². The van der Waals surface area contributed by atoms with Crippen LogP contribution in [0, 0.1) is 23.7 Å². The van der Waals surface area contributed by atoms with Crippen LogP contribution in [0.3, 0.4) is 0 Å². The fourth-order valence-corrected chi connectivity index (χ4v) is 6.14. The molecule has 0 radical (unpaired) electrons. The average Bonchev–Trinajstić information content (AvgIpc) is 3.05. The van der Waals surface area contributed by atoms with E-state index in [4.69, 9.17) is 4.74 Å². The lowest BCUT2D eigenvalue weighted by molar-refractivity contribution is -0.151. The summed E-state index contributed by atoms with van der Waals surface area (Å²) in [6.07, 6.45) is 9.35. The van der Waals surface area contributed by atoms with E-state index in [-0.39, 0.29) is 17.7 Å². The summed E-state index contributed by atoms with van der Waals surface area (Å²) in [5.74, 6) is -3.13. The van der Waals surface area contributed by atoms with Crippen molar-refractivity contribution in [2.75, 3.05) is 12.4 Å². The molecular formula is C20H23NO5S. The van der Waals surface area contributed by atoms with Crippen LogP contribution in [0.5, 0.6) is 0 Å². The molecule has 0 unspecified atom stereocenters. The van der Waals surface area contributed by atoms with Gasteiger partial charge in [-0.05, 0) is 55.9 Å². The van der Waals surface area contributed by atoms with Gasteiger partial charge in [-0.15, -0.1) is 11.3 Å². The SMILES string of the molecule is COC(=O)c1c(NC(=O)[C@H]2[C@@H](C(=O)O)[C@H]3C=C[C@@H]2CC3)sc2c1CCCC2. The van der Waals surface area contributed by atoms with Crippen molar-refractivity contribution < 1.29 is 24.2 Å². The maximum Gasteiger partial charge on any atom is 0.341 e. The van der Waals surface area contributed by atoms with Gasteiger partial charge in [0.15, 0.2) is 0 Å². The molecule has 144 valence electrons. The molecule has 2 bridgehead atoms. The van der Waals surface area contributed by atoms with E-state index in [9.17, 15) is 19.5 Å². The second-order valence-corrected chi connectivity index (χ2v) is 8.68. The number of carbonyl (C=O) groups excluding carboxylic acids is 2. The topological polar surface area (TPSA) is 92.7 Å². The third-order valence-electron chi connectivity index (χ3n) is 6.13. The summed E-state index contributed by atoms with van der Waals surface area (Å²) < 4.78 is 4.95. The first-order valence-corrected chi connectivity index (χ1v) is 10.3. The molecule has 4 atom stereocenters. The van der Waals surface area contributed by atoms with Crippen molar-refractivity contribution in [1.29, 1.82) is 0 Å². The predicted octanol–water partition coefficient (Wildman–Crippen LogP) is 3.27. The number of anilines is 1. The third kappa shape index (κ3) is 3.08. The largest absolute Gasteiger partial charge is 0.481 e. The molecule has 1 fully saturated rings. The van der Waals surface area contributed by atoms with Gasteiger partial charge in [0.05, 0.1) is 24.5 Å². The molecular weight excluding hydrogens is 366 g/mol. The number of ether oxygens (including phenoxy) is 1. The molecule has 0 saturated heterocycles. The summed E-state index contributed by atoms with van der Waals surface area (Å²) >= 11 is 1.43. The van der Waals surface area contributed by atoms with Crippen LogP contribution in [0.2, 0.25) is 0 Å². The van der Waals surface area contributed by atoms with Gasteiger partial charge >= 0.3 is 11.9 Å². The Kier molecular flexibility index (Phi) is 4.80. The number of amides is 1. The molecule has 0 aromatic carbocycles. The van der Waals surface area contributed by atoms with Gasteiger partial charge in [0.1, 0.15) is 5.00 Å². The second kappa shape index (κ2) is 7.11. The number of methoxy groups -OCH3 is 1. The Morgan fingerprint density at radius 2 is 1.78 bits per heavy atom. The number of fused-ring (bicyclic) bond motifs is 3. The lowest BCUT2D eigenvalue weighted by Gasteiger charge is -2.41. The van der Waals surface area contributed by atoms with Gasteiger partial charge in [-0.1, -0.05) is 12.2 Å². The molecule has 1 amide bonds. The van der Waals surface area contributed by atoms with Crippen molar-refractivity contribution >= 4 is 34.2 Å². The van der Waals surface area contributed by atoms with Crippen LogP contribution in [0.15, 0.2) is 12.2 Å². The van der Waals surface area contributed by atoms with E-state index in [1.807, 2.05) is 12.2 Å². The first-order chi connectivity index (χ1) is 13.0. The summed E-state index contributed by atoms with van der Waals surface area (Å²) in [6.45, 7) is 0. The highest BCUT2D eigenvalue weighted by atomic mass is 32.1. The predicted molar refractivity (Wildman–Crippen MR) is 101 cm³/mol. The molecule has 4 aliphatic rings. The Morgan fingerprint density at radius 1 is 1.11 bits per heavy atom. The monoisotopic (exact) mass is 389 g/mol. The van der Waals surface area contributed by atoms with Crippen LogP contribution in [-0.2, 0) is 27.2 Å². The molecule has 6 nitrogen and oxygen atoms in total. The fourth-order valence-electron chi connectivity index (χ4n) is 4.86. The lowest BCUT2D eigenvalue weighted by Crippen LogP contribution is -2.47. The van der Waals surface area contributed by atoms with Crippen molar-refractivity contribution in [2.24, 2.45) is 23.7 Å². The molecule has 2 N–H and O–H groups in total. The Labute approximate surface area is 161 Å². The van der Waals surface area contributed by atoms with Crippen molar-refractivity contribution in [3.63, 3.8) is 0 Å². The van der Waals surface area contributed by atoms with Crippen LogP contribution in [0.1, 0.15) is 46.5 Å². The van der Waals surface area contributed by atoms with E-state index < -0.39 is 23.8 Å². The number of thiophene rings is 1. The lowest BCUT2D eigenvalue weighted by atomic mass is 9.62. The minimum atomic E-state index is -0.923. The van der Waals surface area contributed by atoms with Crippen LogP contribution < -0.4 is 5.32 Å². The Hall–Kier alpha value is -2.15. The normalized spacial score (nSPS) is 28.5. The first-order valence-electron chi connectivity index (χ1n) is 9.46. The Bertz CT molecular complexity index is 827. The molecule has 1 aromatic rings. The van der Waals surface area contributed by atoms with E-state index in [1.165, 1.54) is 18.4 Å². The number of hydrogen-bond donors (Lipinski definition) is 2. The van der Waals surface area contributed by atoms with Crippen LogP contribution in [0.25, 0.3) is 0 Å². The van der Waals surface area contributed by atoms with Gasteiger partial charge in [-0.2, -0.15) is 0 Å². The summed E-state index contributed by atoms with van der Waals surface area (Å²) in [6, 6.07) is 0. The Morgan fingerprint density at radius 3 is 2.41 bits per heavy atom. The molecule has 1 heterocycles. The molecule has 5 rings (SSSR count). The zero-order chi connectivity index (χ0) is 19.1. The van der Waals surface area contributed by atoms with E-state index in [2.05, 4.69) is 5.32 Å².